The standard InChI is InChI=1S/C15H17NO3/c1-3-4-9-19-15(10-16(11-15)14(17)18)13-8-6-5-7-12(13)2/h5-8H,9-11H2,1-2H3,(H,17,18). The normalized spacial score (nSPS) is 16.2. The van der Waals surface area contributed by atoms with Crippen LogP contribution in [-0.4, -0.2) is 35.8 Å². The van der Waals surface area contributed by atoms with Crippen LogP contribution >= 0.6 is 0 Å². The van der Waals surface area contributed by atoms with Crippen LogP contribution in [0.5, 0.6) is 0 Å². The molecule has 0 aromatic heterocycles. The van der Waals surface area contributed by atoms with Gasteiger partial charge < -0.3 is 14.7 Å². The molecule has 1 aromatic rings. The highest BCUT2D eigenvalue weighted by molar-refractivity contribution is 5.67. The number of benzene rings is 1. The molecule has 0 radical (unpaired) electrons. The van der Waals surface area contributed by atoms with E-state index in [4.69, 9.17) is 9.84 Å². The third-order valence-corrected chi connectivity index (χ3v) is 3.40. The number of likely N-dealkylation sites (tertiary alicyclic amines) is 1. The number of aryl methyl sites for hydroxylation is 1. The van der Waals surface area contributed by atoms with Crippen molar-refractivity contribution in [2.75, 3.05) is 19.7 Å². The Balaban J connectivity index is 2.23. The summed E-state index contributed by atoms with van der Waals surface area (Å²) in [5.41, 5.74) is 1.61. The maximum Gasteiger partial charge on any atom is 0.407 e. The van der Waals surface area contributed by atoms with E-state index >= 15 is 0 Å². The first-order valence-corrected chi connectivity index (χ1v) is 6.16. The number of hydrogen-bond acceptors (Lipinski definition) is 2. The molecule has 2 rings (SSSR count). The fourth-order valence-electron chi connectivity index (χ4n) is 2.38. The first-order chi connectivity index (χ1) is 9.09. The van der Waals surface area contributed by atoms with E-state index in [1.165, 1.54) is 4.90 Å². The zero-order chi connectivity index (χ0) is 13.9. The summed E-state index contributed by atoms with van der Waals surface area (Å²) in [5, 5.41) is 9.00. The van der Waals surface area contributed by atoms with Crippen LogP contribution in [0.25, 0.3) is 0 Å². The molecule has 4 heteroatoms. The molecular weight excluding hydrogens is 242 g/mol. The molecule has 19 heavy (non-hydrogen) atoms. The minimum absolute atomic E-state index is 0.318. The Bertz CT molecular complexity index is 536. The lowest BCUT2D eigenvalue weighted by molar-refractivity contribution is -0.129. The number of ether oxygens (including phenoxy) is 1. The maximum atomic E-state index is 11.0. The summed E-state index contributed by atoms with van der Waals surface area (Å²) >= 11 is 0. The van der Waals surface area contributed by atoms with Crippen LogP contribution in [-0.2, 0) is 10.3 Å². The molecule has 1 N–H and O–H groups in total. The Hall–Kier alpha value is -1.99. The molecule has 1 amide bonds. The maximum absolute atomic E-state index is 11.0. The van der Waals surface area contributed by atoms with E-state index < -0.39 is 11.7 Å². The lowest BCUT2D eigenvalue weighted by Gasteiger charge is -2.48. The molecule has 1 aromatic carbocycles. The summed E-state index contributed by atoms with van der Waals surface area (Å²) in [5.74, 6) is 5.65. The summed E-state index contributed by atoms with van der Waals surface area (Å²) in [6, 6.07) is 7.91. The monoisotopic (exact) mass is 259 g/mol. The topological polar surface area (TPSA) is 49.8 Å². The Labute approximate surface area is 113 Å². The second-order valence-electron chi connectivity index (χ2n) is 4.66. The second-order valence-corrected chi connectivity index (χ2v) is 4.66. The van der Waals surface area contributed by atoms with Gasteiger partial charge in [0.05, 0.1) is 13.1 Å². The van der Waals surface area contributed by atoms with Gasteiger partial charge in [-0.25, -0.2) is 4.79 Å². The Morgan fingerprint density at radius 3 is 2.74 bits per heavy atom. The molecule has 0 aliphatic carbocycles. The first kappa shape index (κ1) is 13.4. The molecule has 1 saturated heterocycles. The van der Waals surface area contributed by atoms with E-state index in [1.54, 1.807) is 6.92 Å². The van der Waals surface area contributed by atoms with E-state index in [0.29, 0.717) is 19.7 Å². The fraction of sp³-hybridized carbons (Fsp3) is 0.400. The van der Waals surface area contributed by atoms with Crippen molar-refractivity contribution in [3.05, 3.63) is 35.4 Å². The highest BCUT2D eigenvalue weighted by atomic mass is 16.5. The molecule has 1 aliphatic heterocycles. The number of carbonyl (C=O) groups is 1. The fourth-order valence-corrected chi connectivity index (χ4v) is 2.38. The minimum atomic E-state index is -0.908. The van der Waals surface area contributed by atoms with Gasteiger partial charge in [-0.1, -0.05) is 30.2 Å². The molecule has 100 valence electrons. The van der Waals surface area contributed by atoms with Crippen molar-refractivity contribution in [3.8, 4) is 11.8 Å². The zero-order valence-electron chi connectivity index (χ0n) is 11.1. The van der Waals surface area contributed by atoms with E-state index in [2.05, 4.69) is 11.8 Å². The van der Waals surface area contributed by atoms with Gasteiger partial charge in [0.25, 0.3) is 0 Å². The molecule has 0 bridgehead atoms. The van der Waals surface area contributed by atoms with Crippen molar-refractivity contribution >= 4 is 6.09 Å². The van der Waals surface area contributed by atoms with Crippen LogP contribution in [0.1, 0.15) is 18.1 Å². The highest BCUT2D eigenvalue weighted by Gasteiger charge is 2.48. The van der Waals surface area contributed by atoms with Crippen LogP contribution in [0.4, 0.5) is 4.79 Å². The predicted molar refractivity (Wildman–Crippen MR) is 71.9 cm³/mol. The van der Waals surface area contributed by atoms with Gasteiger partial charge in [-0.2, -0.15) is 0 Å². The quantitative estimate of drug-likeness (QED) is 0.847. The lowest BCUT2D eigenvalue weighted by Crippen LogP contribution is -2.62. The number of carboxylic acid groups (broad SMARTS) is 1. The summed E-state index contributed by atoms with van der Waals surface area (Å²) in [7, 11) is 0. The summed E-state index contributed by atoms with van der Waals surface area (Å²) in [6.07, 6.45) is -0.908. The van der Waals surface area contributed by atoms with Gasteiger partial charge in [0.15, 0.2) is 0 Å². The number of amides is 1. The Morgan fingerprint density at radius 1 is 1.47 bits per heavy atom. The SMILES string of the molecule is CC#CCOC1(c2ccccc2C)CN(C(=O)O)C1. The molecule has 0 saturated carbocycles. The third kappa shape index (κ3) is 2.56. The molecule has 4 nitrogen and oxygen atoms in total. The van der Waals surface area contributed by atoms with Crippen molar-refractivity contribution in [2.45, 2.75) is 19.4 Å². The summed E-state index contributed by atoms with van der Waals surface area (Å²) in [4.78, 5) is 12.3. The van der Waals surface area contributed by atoms with Gasteiger partial charge in [0.1, 0.15) is 12.2 Å². The van der Waals surface area contributed by atoms with Gasteiger partial charge >= 0.3 is 6.09 Å². The third-order valence-electron chi connectivity index (χ3n) is 3.40. The van der Waals surface area contributed by atoms with Crippen molar-refractivity contribution in [1.29, 1.82) is 0 Å². The van der Waals surface area contributed by atoms with Gasteiger partial charge in [0, 0.05) is 0 Å². The van der Waals surface area contributed by atoms with Crippen LogP contribution in [0.3, 0.4) is 0 Å². The zero-order valence-corrected chi connectivity index (χ0v) is 11.1. The van der Waals surface area contributed by atoms with Gasteiger partial charge in [-0.05, 0) is 25.0 Å². The van der Waals surface area contributed by atoms with Crippen molar-refractivity contribution in [2.24, 2.45) is 0 Å². The Morgan fingerprint density at radius 2 is 2.16 bits per heavy atom. The molecule has 0 atom stereocenters. The van der Waals surface area contributed by atoms with Crippen LogP contribution in [0, 0.1) is 18.8 Å². The lowest BCUT2D eigenvalue weighted by atomic mass is 9.83. The van der Waals surface area contributed by atoms with Crippen molar-refractivity contribution < 1.29 is 14.6 Å². The summed E-state index contributed by atoms with van der Waals surface area (Å²) < 4.78 is 5.87. The molecule has 1 heterocycles. The molecule has 1 aliphatic rings. The van der Waals surface area contributed by atoms with Crippen LogP contribution in [0.15, 0.2) is 24.3 Å². The van der Waals surface area contributed by atoms with Crippen LogP contribution in [0.2, 0.25) is 0 Å². The first-order valence-electron chi connectivity index (χ1n) is 6.16. The largest absolute Gasteiger partial charge is 0.465 e. The number of hydrogen-bond donors (Lipinski definition) is 1. The van der Waals surface area contributed by atoms with E-state index in [9.17, 15) is 4.79 Å². The van der Waals surface area contributed by atoms with Crippen LogP contribution < -0.4 is 0 Å². The summed E-state index contributed by atoms with van der Waals surface area (Å²) in [6.45, 7) is 4.80. The van der Waals surface area contributed by atoms with Gasteiger partial charge in [-0.3, -0.25) is 0 Å². The average Bonchev–Trinajstić information content (AvgIpc) is 2.33. The second kappa shape index (κ2) is 5.33. The van der Waals surface area contributed by atoms with Gasteiger partial charge in [-0.15, -0.1) is 5.92 Å². The van der Waals surface area contributed by atoms with E-state index in [0.717, 1.165) is 11.1 Å². The predicted octanol–water partition coefficient (Wildman–Crippen LogP) is 2.22. The number of nitrogens with zero attached hydrogens (tertiary/aromatic N) is 1. The highest BCUT2D eigenvalue weighted by Crippen LogP contribution is 2.37. The molecule has 0 unspecified atom stereocenters. The Kier molecular flexibility index (Phi) is 3.77. The van der Waals surface area contributed by atoms with Crippen molar-refractivity contribution in [1.82, 2.24) is 4.90 Å². The van der Waals surface area contributed by atoms with Crippen molar-refractivity contribution in [3.63, 3.8) is 0 Å². The number of rotatable bonds is 3. The molecular formula is C15H17NO3. The van der Waals surface area contributed by atoms with E-state index in [1.807, 2.05) is 31.2 Å². The van der Waals surface area contributed by atoms with Gasteiger partial charge in [0.2, 0.25) is 0 Å². The smallest absolute Gasteiger partial charge is 0.407 e. The average molecular weight is 259 g/mol. The van der Waals surface area contributed by atoms with E-state index in [-0.39, 0.29) is 0 Å². The molecule has 1 fully saturated rings. The minimum Gasteiger partial charge on any atom is -0.465 e. The molecule has 0 spiro atoms.